The molecule has 0 amide bonds. The third kappa shape index (κ3) is 2.37. The molecule has 0 aromatic carbocycles. The lowest BCUT2D eigenvalue weighted by atomic mass is 10.3. The van der Waals surface area contributed by atoms with Crippen LogP contribution in [0.3, 0.4) is 0 Å². The highest BCUT2D eigenvalue weighted by Crippen LogP contribution is 2.25. The summed E-state index contributed by atoms with van der Waals surface area (Å²) in [6.07, 6.45) is 2.11. The van der Waals surface area contributed by atoms with Gasteiger partial charge in [0, 0.05) is 30.7 Å². The second-order valence-electron chi connectivity index (χ2n) is 4.60. The molecule has 0 atom stereocenters. The average Bonchev–Trinajstić information content (AvgIpc) is 2.88. The van der Waals surface area contributed by atoms with Crippen molar-refractivity contribution in [2.24, 2.45) is 0 Å². The number of hydrogen-bond donors (Lipinski definition) is 1. The smallest absolute Gasteiger partial charge is 0.195 e. The molecule has 5 heteroatoms. The molecule has 4 nitrogen and oxygen atoms in total. The predicted octanol–water partition coefficient (Wildman–Crippen LogP) is 2.74. The van der Waals surface area contributed by atoms with Crippen LogP contribution in [-0.2, 0) is 6.54 Å². The van der Waals surface area contributed by atoms with Crippen LogP contribution in [0.5, 0.6) is 0 Å². The largest absolute Gasteiger partial charge is 0.353 e. The lowest BCUT2D eigenvalue weighted by Crippen LogP contribution is -2.32. The van der Waals surface area contributed by atoms with E-state index in [0.717, 1.165) is 30.4 Å². The highest BCUT2D eigenvalue weighted by Gasteiger charge is 2.19. The topological polar surface area (TPSA) is 32.6 Å². The molecule has 0 bridgehead atoms. The first-order valence-corrected chi connectivity index (χ1v) is 7.48. The van der Waals surface area contributed by atoms with Crippen molar-refractivity contribution in [3.05, 3.63) is 17.3 Å². The van der Waals surface area contributed by atoms with E-state index in [2.05, 4.69) is 53.9 Å². The summed E-state index contributed by atoms with van der Waals surface area (Å²) in [6, 6.07) is 0.472. The van der Waals surface area contributed by atoms with Crippen molar-refractivity contribution in [2.45, 2.75) is 40.3 Å². The van der Waals surface area contributed by atoms with Crippen LogP contribution in [0.1, 0.15) is 33.4 Å². The molecular formula is C13H22N4S. The molecule has 0 spiro atoms. The number of aromatic nitrogens is 2. The Labute approximate surface area is 113 Å². The van der Waals surface area contributed by atoms with E-state index in [4.69, 9.17) is 4.98 Å². The summed E-state index contributed by atoms with van der Waals surface area (Å²) in [7, 11) is 0. The minimum Gasteiger partial charge on any atom is -0.353 e. The van der Waals surface area contributed by atoms with Crippen molar-refractivity contribution in [1.29, 1.82) is 0 Å². The summed E-state index contributed by atoms with van der Waals surface area (Å²) in [5.74, 6) is 1.13. The molecule has 18 heavy (non-hydrogen) atoms. The van der Waals surface area contributed by atoms with Gasteiger partial charge in [-0.25, -0.2) is 4.98 Å². The van der Waals surface area contributed by atoms with E-state index in [1.165, 1.54) is 5.69 Å². The Bertz CT molecular complexity index is 500. The molecule has 0 unspecified atom stereocenters. The van der Waals surface area contributed by atoms with E-state index in [-0.39, 0.29) is 0 Å². The molecule has 0 saturated carbocycles. The first kappa shape index (κ1) is 13.4. The minimum absolute atomic E-state index is 0.472. The fourth-order valence-electron chi connectivity index (χ4n) is 2.22. The maximum absolute atomic E-state index is 4.79. The molecule has 2 aromatic rings. The summed E-state index contributed by atoms with van der Waals surface area (Å²) < 4.78 is 2.20. The van der Waals surface area contributed by atoms with E-state index in [0.29, 0.717) is 6.04 Å². The molecule has 0 saturated heterocycles. The van der Waals surface area contributed by atoms with Gasteiger partial charge in [-0.3, -0.25) is 4.40 Å². The van der Waals surface area contributed by atoms with Crippen molar-refractivity contribution in [3.8, 4) is 0 Å². The molecule has 0 radical (unpaired) electrons. The molecule has 0 aliphatic carbocycles. The number of fused-ring (bicyclic) bond motifs is 1. The molecule has 2 aromatic heterocycles. The number of rotatable bonds is 6. The van der Waals surface area contributed by atoms with E-state index in [9.17, 15) is 0 Å². The van der Waals surface area contributed by atoms with Gasteiger partial charge in [-0.15, -0.1) is 11.3 Å². The quantitative estimate of drug-likeness (QED) is 0.872. The van der Waals surface area contributed by atoms with Crippen LogP contribution < -0.4 is 10.2 Å². The molecular weight excluding hydrogens is 244 g/mol. The third-order valence-electron chi connectivity index (χ3n) is 3.12. The van der Waals surface area contributed by atoms with Gasteiger partial charge in [-0.1, -0.05) is 6.92 Å². The molecule has 0 aliphatic heterocycles. The fraction of sp³-hybridized carbons (Fsp3) is 0.615. The van der Waals surface area contributed by atoms with Gasteiger partial charge < -0.3 is 10.2 Å². The first-order chi connectivity index (χ1) is 8.69. The maximum atomic E-state index is 4.79. The van der Waals surface area contributed by atoms with Crippen LogP contribution in [0, 0.1) is 0 Å². The summed E-state index contributed by atoms with van der Waals surface area (Å²) in [5, 5.41) is 5.50. The standard InChI is InChI=1S/C13H22N4S/c1-5-14-9-11-12(16(6-2)10(3)4)15-13-17(11)7-8-18-13/h7-8,10,14H,5-6,9H2,1-4H3. The zero-order valence-electron chi connectivity index (χ0n) is 11.6. The average molecular weight is 266 g/mol. The normalized spacial score (nSPS) is 11.6. The monoisotopic (exact) mass is 266 g/mol. The van der Waals surface area contributed by atoms with Crippen LogP contribution in [-0.4, -0.2) is 28.5 Å². The number of anilines is 1. The molecule has 0 fully saturated rings. The lowest BCUT2D eigenvalue weighted by Gasteiger charge is -2.26. The zero-order chi connectivity index (χ0) is 13.1. The van der Waals surface area contributed by atoms with E-state index < -0.39 is 0 Å². The summed E-state index contributed by atoms with van der Waals surface area (Å²) in [5.41, 5.74) is 1.27. The van der Waals surface area contributed by atoms with Gasteiger partial charge in [0.1, 0.15) is 0 Å². The van der Waals surface area contributed by atoms with Gasteiger partial charge in [-0.05, 0) is 27.3 Å². The predicted molar refractivity (Wildman–Crippen MR) is 78.6 cm³/mol. The Balaban J connectivity index is 2.43. The molecule has 1 N–H and O–H groups in total. The Morgan fingerprint density at radius 2 is 2.22 bits per heavy atom. The number of hydrogen-bond acceptors (Lipinski definition) is 4. The fourth-order valence-corrected chi connectivity index (χ4v) is 2.95. The van der Waals surface area contributed by atoms with E-state index in [1.54, 1.807) is 11.3 Å². The number of nitrogens with one attached hydrogen (secondary N) is 1. The number of thiazole rings is 1. The maximum Gasteiger partial charge on any atom is 0.195 e. The van der Waals surface area contributed by atoms with Crippen LogP contribution in [0.25, 0.3) is 4.96 Å². The molecule has 100 valence electrons. The van der Waals surface area contributed by atoms with E-state index >= 15 is 0 Å². The van der Waals surface area contributed by atoms with Crippen LogP contribution in [0.15, 0.2) is 11.6 Å². The van der Waals surface area contributed by atoms with Crippen molar-refractivity contribution in [1.82, 2.24) is 14.7 Å². The second kappa shape index (κ2) is 5.71. The lowest BCUT2D eigenvalue weighted by molar-refractivity contribution is 0.669. The van der Waals surface area contributed by atoms with Crippen molar-refractivity contribution >= 4 is 22.1 Å². The molecule has 2 rings (SSSR count). The Morgan fingerprint density at radius 1 is 1.44 bits per heavy atom. The van der Waals surface area contributed by atoms with Gasteiger partial charge in [0.2, 0.25) is 0 Å². The first-order valence-electron chi connectivity index (χ1n) is 6.60. The second-order valence-corrected chi connectivity index (χ2v) is 5.47. The van der Waals surface area contributed by atoms with Gasteiger partial charge >= 0.3 is 0 Å². The van der Waals surface area contributed by atoms with Crippen molar-refractivity contribution in [3.63, 3.8) is 0 Å². The third-order valence-corrected chi connectivity index (χ3v) is 3.88. The van der Waals surface area contributed by atoms with Crippen LogP contribution in [0.2, 0.25) is 0 Å². The van der Waals surface area contributed by atoms with Gasteiger partial charge in [0.25, 0.3) is 0 Å². The summed E-state index contributed by atoms with van der Waals surface area (Å²) >= 11 is 1.69. The number of nitrogens with zero attached hydrogens (tertiary/aromatic N) is 3. The minimum atomic E-state index is 0.472. The highest BCUT2D eigenvalue weighted by atomic mass is 32.1. The number of imidazole rings is 1. The van der Waals surface area contributed by atoms with Gasteiger partial charge in [-0.2, -0.15) is 0 Å². The summed E-state index contributed by atoms with van der Waals surface area (Å²) in [6.45, 7) is 11.6. The van der Waals surface area contributed by atoms with E-state index in [1.807, 2.05) is 0 Å². The Kier molecular flexibility index (Phi) is 4.24. The molecule has 2 heterocycles. The Hall–Kier alpha value is -1.07. The van der Waals surface area contributed by atoms with Gasteiger partial charge in [0.15, 0.2) is 10.8 Å². The molecule has 0 aliphatic rings. The van der Waals surface area contributed by atoms with Crippen molar-refractivity contribution in [2.75, 3.05) is 18.0 Å². The van der Waals surface area contributed by atoms with Gasteiger partial charge in [0.05, 0.1) is 5.69 Å². The highest BCUT2D eigenvalue weighted by molar-refractivity contribution is 7.15. The van der Waals surface area contributed by atoms with Crippen LogP contribution in [0.4, 0.5) is 5.82 Å². The van der Waals surface area contributed by atoms with Crippen molar-refractivity contribution < 1.29 is 0 Å². The van der Waals surface area contributed by atoms with Crippen LogP contribution >= 0.6 is 11.3 Å². The zero-order valence-corrected chi connectivity index (χ0v) is 12.4. The SMILES string of the molecule is CCNCc1c(N(CC)C(C)C)nc2sccn12. The summed E-state index contributed by atoms with van der Waals surface area (Å²) in [4.78, 5) is 8.22. The Morgan fingerprint density at radius 3 is 2.83 bits per heavy atom.